The van der Waals surface area contributed by atoms with Gasteiger partial charge in [0.2, 0.25) is 5.91 Å². The van der Waals surface area contributed by atoms with Crippen LogP contribution in [-0.2, 0) is 11.3 Å². The number of nitrogens with zero attached hydrogens (tertiary/aromatic N) is 6. The van der Waals surface area contributed by atoms with Gasteiger partial charge in [0.25, 0.3) is 11.5 Å². The van der Waals surface area contributed by atoms with E-state index in [-0.39, 0.29) is 23.3 Å². The first-order valence-corrected chi connectivity index (χ1v) is 16.0. The highest BCUT2D eigenvalue weighted by atomic mass is 16.5. The van der Waals surface area contributed by atoms with E-state index in [1.165, 1.54) is 0 Å². The van der Waals surface area contributed by atoms with E-state index >= 15 is 0 Å². The van der Waals surface area contributed by atoms with E-state index in [4.69, 9.17) is 9.84 Å². The van der Waals surface area contributed by atoms with Crippen LogP contribution in [0, 0.1) is 0 Å². The predicted molar refractivity (Wildman–Crippen MR) is 178 cm³/mol. The first-order valence-electron chi connectivity index (χ1n) is 16.0. The second-order valence-electron chi connectivity index (χ2n) is 12.0. The number of aromatic nitrogens is 3. The molecule has 2 fully saturated rings. The SMILES string of the molecule is CNC(=O)c1ccc(N2CCN(C(=O)CCN3CCC(c4nn(Cc5ccc(OC)cc5)c(=O)c5ccccc45)CC3)CC2)cn1. The summed E-state index contributed by atoms with van der Waals surface area (Å²) >= 11 is 0. The van der Waals surface area contributed by atoms with E-state index < -0.39 is 0 Å². The van der Waals surface area contributed by atoms with Crippen LogP contribution in [0.1, 0.15) is 46.9 Å². The molecule has 2 aliphatic heterocycles. The Kier molecular flexibility index (Phi) is 9.58. The van der Waals surface area contributed by atoms with Crippen LogP contribution in [-0.4, -0.2) is 96.3 Å². The number of benzene rings is 2. The van der Waals surface area contributed by atoms with Crippen LogP contribution in [0.4, 0.5) is 5.69 Å². The highest BCUT2D eigenvalue weighted by Gasteiger charge is 2.27. The Labute approximate surface area is 268 Å². The van der Waals surface area contributed by atoms with Crippen molar-refractivity contribution in [2.75, 3.05) is 64.9 Å². The Morgan fingerprint density at radius 3 is 2.28 bits per heavy atom. The fraction of sp³-hybridized carbons (Fsp3) is 0.400. The Morgan fingerprint density at radius 1 is 0.913 bits per heavy atom. The molecule has 2 aliphatic rings. The van der Waals surface area contributed by atoms with Gasteiger partial charge in [-0.2, -0.15) is 5.10 Å². The standard InChI is InChI=1S/C35H41N7O4/c1-36-34(44)31-12-9-27(23-37-31)40-19-21-41(22-20-40)32(43)15-18-39-16-13-26(14-17-39)33-29-5-3-4-6-30(29)35(45)42(38-33)24-25-7-10-28(46-2)11-8-25/h3-12,23,26H,13-22,24H2,1-2H3,(H,36,44). The summed E-state index contributed by atoms with van der Waals surface area (Å²) in [6, 6.07) is 19.2. The molecule has 0 atom stereocenters. The Bertz CT molecular complexity index is 1720. The largest absolute Gasteiger partial charge is 0.497 e. The zero-order valence-electron chi connectivity index (χ0n) is 26.5. The number of methoxy groups -OCH3 is 1. The number of hydrogen-bond donors (Lipinski definition) is 1. The number of ether oxygens (including phenoxy) is 1. The van der Waals surface area contributed by atoms with E-state index in [1.807, 2.05) is 59.5 Å². The van der Waals surface area contributed by atoms with E-state index in [2.05, 4.69) is 20.1 Å². The highest BCUT2D eigenvalue weighted by Crippen LogP contribution is 2.31. The molecule has 6 rings (SSSR count). The van der Waals surface area contributed by atoms with Gasteiger partial charge in [0.15, 0.2) is 0 Å². The molecule has 240 valence electrons. The molecular formula is C35H41N7O4. The van der Waals surface area contributed by atoms with Crippen molar-refractivity contribution in [3.63, 3.8) is 0 Å². The number of carbonyl (C=O) groups excluding carboxylic acids is 2. The average Bonchev–Trinajstić information content (AvgIpc) is 3.12. The first kappa shape index (κ1) is 31.2. The molecule has 2 aromatic heterocycles. The minimum absolute atomic E-state index is 0.0810. The Balaban J connectivity index is 1.02. The van der Waals surface area contributed by atoms with E-state index in [1.54, 1.807) is 31.1 Å². The first-order chi connectivity index (χ1) is 22.4. The molecule has 2 amide bonds. The molecule has 0 radical (unpaired) electrons. The summed E-state index contributed by atoms with van der Waals surface area (Å²) in [5, 5.41) is 9.15. The minimum Gasteiger partial charge on any atom is -0.497 e. The third-order valence-corrected chi connectivity index (χ3v) is 9.21. The van der Waals surface area contributed by atoms with Gasteiger partial charge in [0.1, 0.15) is 11.4 Å². The molecule has 1 N–H and O–H groups in total. The lowest BCUT2D eigenvalue weighted by atomic mass is 9.90. The second-order valence-corrected chi connectivity index (χ2v) is 12.0. The van der Waals surface area contributed by atoms with Crippen LogP contribution in [0.25, 0.3) is 10.8 Å². The summed E-state index contributed by atoms with van der Waals surface area (Å²) in [6.45, 7) is 5.72. The van der Waals surface area contributed by atoms with Crippen molar-refractivity contribution in [1.29, 1.82) is 0 Å². The molecule has 0 spiro atoms. The summed E-state index contributed by atoms with van der Waals surface area (Å²) in [4.78, 5) is 49.0. The van der Waals surface area contributed by atoms with Crippen LogP contribution >= 0.6 is 0 Å². The predicted octanol–water partition coefficient (Wildman–Crippen LogP) is 3.13. The number of piperidine rings is 1. The maximum Gasteiger partial charge on any atom is 0.274 e. The van der Waals surface area contributed by atoms with Crippen LogP contribution in [0.5, 0.6) is 5.75 Å². The van der Waals surface area contributed by atoms with Crippen LogP contribution < -0.4 is 20.5 Å². The van der Waals surface area contributed by atoms with Gasteiger partial charge < -0.3 is 24.8 Å². The fourth-order valence-corrected chi connectivity index (χ4v) is 6.47. The van der Waals surface area contributed by atoms with Gasteiger partial charge in [-0.15, -0.1) is 0 Å². The molecule has 2 saturated heterocycles. The average molecular weight is 624 g/mol. The number of nitrogens with one attached hydrogen (secondary N) is 1. The van der Waals surface area contributed by atoms with Gasteiger partial charge in [-0.25, -0.2) is 9.67 Å². The van der Waals surface area contributed by atoms with Gasteiger partial charge in [-0.05, 0) is 61.8 Å². The Morgan fingerprint density at radius 2 is 1.63 bits per heavy atom. The molecule has 0 unspecified atom stereocenters. The minimum atomic E-state index is -0.205. The van der Waals surface area contributed by atoms with Crippen molar-refractivity contribution >= 4 is 28.3 Å². The molecular weight excluding hydrogens is 582 g/mol. The smallest absolute Gasteiger partial charge is 0.274 e. The van der Waals surface area contributed by atoms with Crippen LogP contribution in [0.2, 0.25) is 0 Å². The topological polar surface area (TPSA) is 113 Å². The summed E-state index contributed by atoms with van der Waals surface area (Å²) < 4.78 is 6.88. The van der Waals surface area contributed by atoms with E-state index in [0.29, 0.717) is 37.1 Å². The summed E-state index contributed by atoms with van der Waals surface area (Å²) in [7, 11) is 3.23. The number of anilines is 1. The fourth-order valence-electron chi connectivity index (χ4n) is 6.47. The zero-order chi connectivity index (χ0) is 32.0. The Hall–Kier alpha value is -4.77. The number of amides is 2. The van der Waals surface area contributed by atoms with Crippen molar-refractivity contribution < 1.29 is 14.3 Å². The third kappa shape index (κ3) is 6.89. The maximum absolute atomic E-state index is 13.4. The van der Waals surface area contributed by atoms with Crippen molar-refractivity contribution in [2.45, 2.75) is 31.7 Å². The van der Waals surface area contributed by atoms with E-state index in [0.717, 1.165) is 73.6 Å². The van der Waals surface area contributed by atoms with Gasteiger partial charge in [-0.3, -0.25) is 14.4 Å². The monoisotopic (exact) mass is 623 g/mol. The summed E-state index contributed by atoms with van der Waals surface area (Å²) in [5.41, 5.74) is 3.24. The van der Waals surface area contributed by atoms with Gasteiger partial charge in [0.05, 0.1) is 36.6 Å². The molecule has 0 aliphatic carbocycles. The lowest BCUT2D eigenvalue weighted by molar-refractivity contribution is -0.131. The normalized spacial score (nSPS) is 16.0. The van der Waals surface area contributed by atoms with Gasteiger partial charge in [-0.1, -0.05) is 30.3 Å². The third-order valence-electron chi connectivity index (χ3n) is 9.21. The van der Waals surface area contributed by atoms with Crippen LogP contribution in [0.3, 0.4) is 0 Å². The van der Waals surface area contributed by atoms with Crippen molar-refractivity contribution in [3.05, 3.63) is 94.2 Å². The number of fused-ring (bicyclic) bond motifs is 1. The number of piperazine rings is 1. The van der Waals surface area contributed by atoms with Gasteiger partial charge >= 0.3 is 0 Å². The number of rotatable bonds is 9. The van der Waals surface area contributed by atoms with E-state index in [9.17, 15) is 14.4 Å². The zero-order valence-corrected chi connectivity index (χ0v) is 26.5. The number of hydrogen-bond acceptors (Lipinski definition) is 8. The lowest BCUT2D eigenvalue weighted by Gasteiger charge is -2.37. The quantitative estimate of drug-likeness (QED) is 0.303. The molecule has 11 heteroatoms. The molecule has 0 saturated carbocycles. The molecule has 4 aromatic rings. The number of pyridine rings is 1. The van der Waals surface area contributed by atoms with Crippen LogP contribution in [0.15, 0.2) is 71.7 Å². The highest BCUT2D eigenvalue weighted by molar-refractivity contribution is 5.92. The maximum atomic E-state index is 13.4. The van der Waals surface area contributed by atoms with Gasteiger partial charge in [0, 0.05) is 57.5 Å². The van der Waals surface area contributed by atoms with Crippen molar-refractivity contribution in [3.8, 4) is 5.75 Å². The number of likely N-dealkylation sites (tertiary alicyclic amines) is 1. The molecule has 46 heavy (non-hydrogen) atoms. The van der Waals surface area contributed by atoms with Crippen molar-refractivity contribution in [1.82, 2.24) is 29.9 Å². The summed E-state index contributed by atoms with van der Waals surface area (Å²) in [5.74, 6) is 1.00. The molecule has 4 heterocycles. The lowest BCUT2D eigenvalue weighted by Crippen LogP contribution is -2.49. The van der Waals surface area contributed by atoms with Crippen molar-refractivity contribution in [2.24, 2.45) is 0 Å². The summed E-state index contributed by atoms with van der Waals surface area (Å²) in [6.07, 6.45) is 4.08. The second kappa shape index (κ2) is 14.1. The molecule has 2 aromatic carbocycles. The number of carbonyl (C=O) groups is 2. The molecule has 0 bridgehead atoms. The molecule has 11 nitrogen and oxygen atoms in total.